The molecule has 3 N–H and O–H groups in total. The molecule has 1 saturated heterocycles. The van der Waals surface area contributed by atoms with E-state index in [1.807, 2.05) is 30.3 Å². The lowest BCUT2D eigenvalue weighted by Gasteiger charge is -2.28. The third kappa shape index (κ3) is 3.97. The van der Waals surface area contributed by atoms with Gasteiger partial charge in [-0.15, -0.1) is 11.3 Å². The van der Waals surface area contributed by atoms with E-state index < -0.39 is 0 Å². The van der Waals surface area contributed by atoms with E-state index in [2.05, 4.69) is 20.9 Å². The van der Waals surface area contributed by atoms with Gasteiger partial charge in [0.1, 0.15) is 21.2 Å². The second-order valence-corrected chi connectivity index (χ2v) is 9.68. The summed E-state index contributed by atoms with van der Waals surface area (Å²) in [5, 5.41) is 10.3. The number of halogens is 1. The van der Waals surface area contributed by atoms with Gasteiger partial charge >= 0.3 is 6.03 Å². The van der Waals surface area contributed by atoms with Crippen LogP contribution in [0.5, 0.6) is 11.5 Å². The summed E-state index contributed by atoms with van der Waals surface area (Å²) in [5.74, 6) is 0.938. The zero-order chi connectivity index (χ0) is 23.9. The number of benzene rings is 2. The van der Waals surface area contributed by atoms with Gasteiger partial charge in [-0.1, -0.05) is 29.8 Å². The van der Waals surface area contributed by atoms with Gasteiger partial charge in [0.05, 0.1) is 27.5 Å². The van der Waals surface area contributed by atoms with Crippen LogP contribution in [-0.2, 0) is 0 Å². The van der Waals surface area contributed by atoms with E-state index in [4.69, 9.17) is 16.3 Å². The molecule has 3 amide bonds. The van der Waals surface area contributed by atoms with Crippen LogP contribution >= 0.6 is 22.9 Å². The summed E-state index contributed by atoms with van der Waals surface area (Å²) in [6.45, 7) is 1.61. The highest BCUT2D eigenvalue weighted by molar-refractivity contribution is 7.21. The molecule has 2 aliphatic rings. The lowest BCUT2D eigenvalue weighted by molar-refractivity contribution is 0.0945. The van der Waals surface area contributed by atoms with Gasteiger partial charge in [0.2, 0.25) is 0 Å². The van der Waals surface area contributed by atoms with Gasteiger partial charge in [0.15, 0.2) is 0 Å². The number of anilines is 3. The van der Waals surface area contributed by atoms with Crippen molar-refractivity contribution in [1.82, 2.24) is 15.6 Å². The Hall–Kier alpha value is -3.66. The molecule has 8 nitrogen and oxygen atoms in total. The molecule has 6 rings (SSSR count). The van der Waals surface area contributed by atoms with Gasteiger partial charge in [-0.3, -0.25) is 9.69 Å². The molecule has 2 aliphatic heterocycles. The molecule has 0 bridgehead atoms. The van der Waals surface area contributed by atoms with Crippen LogP contribution in [0.4, 0.5) is 21.9 Å². The first-order valence-electron chi connectivity index (χ1n) is 11.1. The summed E-state index contributed by atoms with van der Waals surface area (Å²) in [6, 6.07) is 16.0. The molecule has 0 aliphatic carbocycles. The summed E-state index contributed by atoms with van der Waals surface area (Å²) in [6.07, 6.45) is 2.51. The van der Waals surface area contributed by atoms with Crippen LogP contribution < -0.4 is 25.6 Å². The SMILES string of the molecule is O=C(NC1CCNC1)c1sc2nccc3c2c1NC(=O)N3c1ccc(Oc2ccccc2)c(Cl)c1. The maximum absolute atomic E-state index is 13.3. The fourth-order valence-corrected chi connectivity index (χ4v) is 5.59. The number of amides is 3. The number of nitrogens with one attached hydrogen (secondary N) is 3. The molecule has 10 heteroatoms. The van der Waals surface area contributed by atoms with Crippen molar-refractivity contribution in [3.8, 4) is 11.5 Å². The average Bonchev–Trinajstić information content (AvgIpc) is 3.50. The van der Waals surface area contributed by atoms with Crippen molar-refractivity contribution < 1.29 is 14.3 Å². The van der Waals surface area contributed by atoms with Crippen molar-refractivity contribution >= 4 is 62.2 Å². The minimum Gasteiger partial charge on any atom is -0.456 e. The van der Waals surface area contributed by atoms with Crippen molar-refractivity contribution in [3.05, 3.63) is 70.7 Å². The molecule has 4 heterocycles. The fraction of sp³-hybridized carbons (Fsp3) is 0.160. The second kappa shape index (κ2) is 8.84. The van der Waals surface area contributed by atoms with Crippen LogP contribution in [0, 0.1) is 0 Å². The van der Waals surface area contributed by atoms with Crippen molar-refractivity contribution in [3.63, 3.8) is 0 Å². The highest BCUT2D eigenvalue weighted by atomic mass is 35.5. The molecule has 1 atom stereocenters. The summed E-state index contributed by atoms with van der Waals surface area (Å²) in [7, 11) is 0. The molecular weight excluding hydrogens is 486 g/mol. The monoisotopic (exact) mass is 505 g/mol. The third-order valence-corrected chi connectivity index (χ3v) is 7.38. The maximum atomic E-state index is 13.3. The molecular formula is C25H20ClN5O3S. The highest BCUT2D eigenvalue weighted by Crippen LogP contribution is 2.46. The van der Waals surface area contributed by atoms with E-state index in [1.54, 1.807) is 30.5 Å². The summed E-state index contributed by atoms with van der Waals surface area (Å²) >= 11 is 7.79. The van der Waals surface area contributed by atoms with E-state index in [-0.39, 0.29) is 18.0 Å². The number of rotatable bonds is 5. The molecule has 2 aromatic heterocycles. The lowest BCUT2D eigenvalue weighted by atomic mass is 10.1. The van der Waals surface area contributed by atoms with Gasteiger partial charge in [0.25, 0.3) is 5.91 Å². The number of pyridine rings is 1. The van der Waals surface area contributed by atoms with E-state index >= 15 is 0 Å². The summed E-state index contributed by atoms with van der Waals surface area (Å²) in [4.78, 5) is 33.4. The number of ether oxygens (including phenoxy) is 1. The highest BCUT2D eigenvalue weighted by Gasteiger charge is 2.33. The number of nitrogens with zero attached hydrogens (tertiary/aromatic N) is 2. The second-order valence-electron chi connectivity index (χ2n) is 8.28. The Morgan fingerprint density at radius 2 is 2.06 bits per heavy atom. The topological polar surface area (TPSA) is 95.6 Å². The third-order valence-electron chi connectivity index (χ3n) is 5.99. The van der Waals surface area contributed by atoms with Crippen molar-refractivity contribution in [2.75, 3.05) is 23.3 Å². The number of para-hydroxylation sites is 1. The minimum absolute atomic E-state index is 0.0712. The van der Waals surface area contributed by atoms with Crippen LogP contribution in [0.1, 0.15) is 16.1 Å². The molecule has 0 spiro atoms. The predicted octanol–water partition coefficient (Wildman–Crippen LogP) is 5.52. The number of thiophene rings is 1. The summed E-state index contributed by atoms with van der Waals surface area (Å²) < 4.78 is 5.87. The number of aromatic nitrogens is 1. The standard InChI is InChI=1S/C25H20ClN5O3S/c26-17-12-15(6-7-19(17)34-16-4-2-1-3-5-16)31-18-9-11-28-24-20(18)21(30-25(31)33)22(35-24)23(32)29-14-8-10-27-13-14/h1-7,9,11-12,14,27H,8,10,13H2,(H,29,32)(H,30,33). The van der Waals surface area contributed by atoms with E-state index in [0.717, 1.165) is 24.9 Å². The Morgan fingerprint density at radius 1 is 1.20 bits per heavy atom. The first-order chi connectivity index (χ1) is 17.1. The molecule has 0 radical (unpaired) electrons. The number of carbonyl (C=O) groups excluding carboxylic acids is 2. The minimum atomic E-state index is -0.382. The van der Waals surface area contributed by atoms with Crippen molar-refractivity contribution in [2.24, 2.45) is 0 Å². The number of hydrogen-bond donors (Lipinski definition) is 3. The molecule has 35 heavy (non-hydrogen) atoms. The van der Waals surface area contributed by atoms with Crippen molar-refractivity contribution in [1.29, 1.82) is 0 Å². The Morgan fingerprint density at radius 3 is 2.83 bits per heavy atom. The smallest absolute Gasteiger partial charge is 0.331 e. The van der Waals surface area contributed by atoms with E-state index in [0.29, 0.717) is 43.3 Å². The molecule has 1 unspecified atom stereocenters. The van der Waals surface area contributed by atoms with Gasteiger partial charge < -0.3 is 20.7 Å². The first kappa shape index (κ1) is 21.8. The van der Waals surface area contributed by atoms with Gasteiger partial charge in [-0.25, -0.2) is 9.78 Å². The average molecular weight is 506 g/mol. The van der Waals surface area contributed by atoms with E-state index in [9.17, 15) is 9.59 Å². The maximum Gasteiger partial charge on any atom is 0.331 e. The first-order valence-corrected chi connectivity index (χ1v) is 12.3. The normalized spacial score (nSPS) is 16.9. The zero-order valence-electron chi connectivity index (χ0n) is 18.4. The number of urea groups is 1. The Labute approximate surface area is 209 Å². The van der Waals surface area contributed by atoms with E-state index in [1.165, 1.54) is 16.2 Å². The largest absolute Gasteiger partial charge is 0.456 e. The van der Waals surface area contributed by atoms with Crippen molar-refractivity contribution in [2.45, 2.75) is 12.5 Å². The Balaban J connectivity index is 1.35. The molecule has 2 aromatic carbocycles. The lowest BCUT2D eigenvalue weighted by Crippen LogP contribution is -2.37. The van der Waals surface area contributed by atoms with Crippen LogP contribution in [0.3, 0.4) is 0 Å². The quantitative estimate of drug-likeness (QED) is 0.332. The number of carbonyl (C=O) groups is 2. The fourth-order valence-electron chi connectivity index (χ4n) is 4.36. The summed E-state index contributed by atoms with van der Waals surface area (Å²) in [5.41, 5.74) is 1.70. The molecule has 1 fully saturated rings. The van der Waals surface area contributed by atoms with Gasteiger partial charge in [0, 0.05) is 18.8 Å². The predicted molar refractivity (Wildman–Crippen MR) is 137 cm³/mol. The Bertz CT molecular complexity index is 1450. The zero-order valence-corrected chi connectivity index (χ0v) is 19.9. The van der Waals surface area contributed by atoms with Gasteiger partial charge in [-0.05, 0) is 49.4 Å². The molecule has 0 saturated carbocycles. The van der Waals surface area contributed by atoms with Crippen LogP contribution in [-0.4, -0.2) is 36.1 Å². The molecule has 4 aromatic rings. The van der Waals surface area contributed by atoms with Crippen LogP contribution in [0.15, 0.2) is 60.8 Å². The number of hydrogen-bond acceptors (Lipinski definition) is 6. The molecule has 176 valence electrons. The van der Waals surface area contributed by atoms with Crippen LogP contribution in [0.2, 0.25) is 5.02 Å². The van der Waals surface area contributed by atoms with Gasteiger partial charge in [-0.2, -0.15) is 0 Å². The Kier molecular flexibility index (Phi) is 5.52. The van der Waals surface area contributed by atoms with Crippen LogP contribution in [0.25, 0.3) is 10.2 Å².